The van der Waals surface area contributed by atoms with E-state index >= 15 is 0 Å². The maximum absolute atomic E-state index is 13.4. The van der Waals surface area contributed by atoms with Gasteiger partial charge in [-0.1, -0.05) is 13.3 Å². The molecule has 0 heterocycles. The van der Waals surface area contributed by atoms with Crippen molar-refractivity contribution in [2.45, 2.75) is 31.9 Å². The van der Waals surface area contributed by atoms with E-state index < -0.39 is 23.4 Å². The lowest BCUT2D eigenvalue weighted by molar-refractivity contribution is -0.115. The molecule has 6 heteroatoms. The highest BCUT2D eigenvalue weighted by Crippen LogP contribution is 2.21. The normalized spacial score (nSPS) is 12.3. The number of anilines is 1. The van der Waals surface area contributed by atoms with Crippen molar-refractivity contribution in [3.05, 3.63) is 29.6 Å². The van der Waals surface area contributed by atoms with Crippen LogP contribution in [0.4, 0.5) is 18.9 Å². The summed E-state index contributed by atoms with van der Waals surface area (Å²) in [5.41, 5.74) is -0.341. The summed E-state index contributed by atoms with van der Waals surface area (Å²) in [6.07, 6.45) is 2.01. The van der Waals surface area contributed by atoms with Crippen molar-refractivity contribution in [3.8, 4) is 0 Å². The van der Waals surface area contributed by atoms with Crippen molar-refractivity contribution >= 4 is 23.4 Å². The molecule has 0 saturated carbocycles. The number of unbranched alkanes of at least 4 members (excludes halogenated alkanes) is 1. The van der Waals surface area contributed by atoms with Crippen molar-refractivity contribution in [2.75, 3.05) is 11.1 Å². The van der Waals surface area contributed by atoms with Crippen molar-refractivity contribution in [3.63, 3.8) is 0 Å². The SMILES string of the molecule is CCCCSC(C)C(=O)Nc1ccc(F)c(F)c1F. The zero-order chi connectivity index (χ0) is 14.4. The predicted molar refractivity (Wildman–Crippen MR) is 71.8 cm³/mol. The molecule has 0 radical (unpaired) electrons. The molecule has 0 aromatic heterocycles. The maximum atomic E-state index is 13.4. The Labute approximate surface area is 114 Å². The standard InChI is InChI=1S/C13H16F3NOS/c1-3-4-7-19-8(2)13(18)17-10-6-5-9(14)11(15)12(10)16/h5-6,8H,3-4,7H2,1-2H3,(H,17,18). The molecule has 1 unspecified atom stereocenters. The minimum absolute atomic E-state index is 0.341. The molecule has 1 amide bonds. The molecule has 1 rings (SSSR count). The first-order valence-corrected chi connectivity index (χ1v) is 7.08. The van der Waals surface area contributed by atoms with Gasteiger partial charge in [0.1, 0.15) is 0 Å². The molecular weight excluding hydrogens is 275 g/mol. The average molecular weight is 291 g/mol. The topological polar surface area (TPSA) is 29.1 Å². The Kier molecular flexibility index (Phi) is 6.21. The fourth-order valence-corrected chi connectivity index (χ4v) is 2.36. The lowest BCUT2D eigenvalue weighted by Crippen LogP contribution is -2.23. The lowest BCUT2D eigenvalue weighted by Gasteiger charge is -2.12. The van der Waals surface area contributed by atoms with Crippen LogP contribution in [0, 0.1) is 17.5 Å². The van der Waals surface area contributed by atoms with E-state index in [-0.39, 0.29) is 10.9 Å². The first-order valence-electron chi connectivity index (χ1n) is 6.03. The molecule has 1 N–H and O–H groups in total. The van der Waals surface area contributed by atoms with Gasteiger partial charge in [-0.3, -0.25) is 4.79 Å². The quantitative estimate of drug-likeness (QED) is 0.635. The number of hydrogen-bond acceptors (Lipinski definition) is 2. The van der Waals surface area contributed by atoms with Gasteiger partial charge in [-0.25, -0.2) is 13.2 Å². The van der Waals surface area contributed by atoms with E-state index in [4.69, 9.17) is 0 Å². The molecule has 1 aromatic rings. The molecule has 1 atom stereocenters. The summed E-state index contributed by atoms with van der Waals surface area (Å²) in [4.78, 5) is 11.7. The zero-order valence-corrected chi connectivity index (χ0v) is 11.6. The van der Waals surface area contributed by atoms with Crippen LogP contribution in [0.1, 0.15) is 26.7 Å². The Morgan fingerprint density at radius 2 is 2.00 bits per heavy atom. The number of hydrogen-bond donors (Lipinski definition) is 1. The molecule has 0 bridgehead atoms. The van der Waals surface area contributed by atoms with Gasteiger partial charge in [0.25, 0.3) is 0 Å². The highest BCUT2D eigenvalue weighted by atomic mass is 32.2. The van der Waals surface area contributed by atoms with Crippen LogP contribution >= 0.6 is 11.8 Å². The van der Waals surface area contributed by atoms with Gasteiger partial charge in [0.05, 0.1) is 10.9 Å². The number of carbonyl (C=O) groups is 1. The Bertz CT molecular complexity index is 454. The third kappa shape index (κ3) is 4.45. The summed E-state index contributed by atoms with van der Waals surface area (Å²) >= 11 is 1.44. The summed E-state index contributed by atoms with van der Waals surface area (Å²) in [6.45, 7) is 3.73. The van der Waals surface area contributed by atoms with Gasteiger partial charge in [0.15, 0.2) is 17.5 Å². The molecule has 0 spiro atoms. The van der Waals surface area contributed by atoms with Gasteiger partial charge in [-0.15, -0.1) is 11.8 Å². The molecule has 0 aliphatic carbocycles. The second-order valence-corrected chi connectivity index (χ2v) is 5.53. The highest BCUT2D eigenvalue weighted by molar-refractivity contribution is 8.00. The van der Waals surface area contributed by atoms with Crippen molar-refractivity contribution < 1.29 is 18.0 Å². The molecule has 1 aromatic carbocycles. The zero-order valence-electron chi connectivity index (χ0n) is 10.8. The summed E-state index contributed by atoms with van der Waals surface area (Å²) < 4.78 is 39.1. The van der Waals surface area contributed by atoms with E-state index in [2.05, 4.69) is 5.32 Å². The van der Waals surface area contributed by atoms with Gasteiger partial charge in [-0.2, -0.15) is 0 Å². The van der Waals surface area contributed by atoms with Crippen molar-refractivity contribution in [1.29, 1.82) is 0 Å². The van der Waals surface area contributed by atoms with Crippen LogP contribution in [-0.2, 0) is 4.79 Å². The third-order valence-electron chi connectivity index (χ3n) is 2.53. The summed E-state index contributed by atoms with van der Waals surface area (Å²) in [7, 11) is 0. The molecule has 106 valence electrons. The predicted octanol–water partition coefficient (Wildman–Crippen LogP) is 3.96. The molecule has 0 aliphatic heterocycles. The average Bonchev–Trinajstić information content (AvgIpc) is 2.39. The van der Waals surface area contributed by atoms with E-state index in [0.717, 1.165) is 30.7 Å². The molecule has 19 heavy (non-hydrogen) atoms. The number of amides is 1. The number of nitrogens with one attached hydrogen (secondary N) is 1. The number of halogens is 3. The molecular formula is C13H16F3NOS. The lowest BCUT2D eigenvalue weighted by atomic mass is 10.2. The van der Waals surface area contributed by atoms with Crippen LogP contribution in [0.3, 0.4) is 0 Å². The number of thioether (sulfide) groups is 1. The second-order valence-electron chi connectivity index (χ2n) is 4.08. The first-order chi connectivity index (χ1) is 8.97. The van der Waals surface area contributed by atoms with Gasteiger partial charge in [0, 0.05) is 0 Å². The fourth-order valence-electron chi connectivity index (χ4n) is 1.34. The van der Waals surface area contributed by atoms with Gasteiger partial charge in [0.2, 0.25) is 5.91 Å². The smallest absolute Gasteiger partial charge is 0.237 e. The fraction of sp³-hybridized carbons (Fsp3) is 0.462. The minimum Gasteiger partial charge on any atom is -0.323 e. The molecule has 0 aliphatic rings. The largest absolute Gasteiger partial charge is 0.323 e. The van der Waals surface area contributed by atoms with E-state index in [1.807, 2.05) is 6.92 Å². The van der Waals surface area contributed by atoms with Gasteiger partial charge in [-0.05, 0) is 31.2 Å². The van der Waals surface area contributed by atoms with Crippen molar-refractivity contribution in [1.82, 2.24) is 0 Å². The van der Waals surface area contributed by atoms with Crippen LogP contribution in [0.25, 0.3) is 0 Å². The Hall–Kier alpha value is -1.17. The molecule has 0 fully saturated rings. The third-order valence-corrected chi connectivity index (χ3v) is 3.77. The van der Waals surface area contributed by atoms with Crippen molar-refractivity contribution in [2.24, 2.45) is 0 Å². The highest BCUT2D eigenvalue weighted by Gasteiger charge is 2.18. The van der Waals surface area contributed by atoms with Crippen LogP contribution in [0.15, 0.2) is 12.1 Å². The summed E-state index contributed by atoms with van der Waals surface area (Å²) in [5, 5.41) is 1.89. The van der Waals surface area contributed by atoms with E-state index in [1.54, 1.807) is 6.92 Å². The Morgan fingerprint density at radius 1 is 1.32 bits per heavy atom. The van der Waals surface area contributed by atoms with E-state index in [1.165, 1.54) is 11.8 Å². The van der Waals surface area contributed by atoms with Crippen LogP contribution in [0.2, 0.25) is 0 Å². The van der Waals surface area contributed by atoms with Gasteiger partial charge >= 0.3 is 0 Å². The van der Waals surface area contributed by atoms with E-state index in [0.29, 0.717) is 0 Å². The number of benzene rings is 1. The van der Waals surface area contributed by atoms with Crippen LogP contribution < -0.4 is 5.32 Å². The Balaban J connectivity index is 2.64. The summed E-state index contributed by atoms with van der Waals surface area (Å²) in [5.74, 6) is -3.83. The number of carbonyl (C=O) groups excluding carboxylic acids is 1. The molecule has 0 saturated heterocycles. The first kappa shape index (κ1) is 15.9. The minimum atomic E-state index is -1.58. The summed E-state index contributed by atoms with van der Waals surface area (Å²) in [6, 6.07) is 1.79. The second kappa shape index (κ2) is 7.43. The van der Waals surface area contributed by atoms with Gasteiger partial charge < -0.3 is 5.32 Å². The Morgan fingerprint density at radius 3 is 2.63 bits per heavy atom. The van der Waals surface area contributed by atoms with Crippen LogP contribution in [0.5, 0.6) is 0 Å². The maximum Gasteiger partial charge on any atom is 0.237 e. The van der Waals surface area contributed by atoms with Crippen LogP contribution in [-0.4, -0.2) is 16.9 Å². The van der Waals surface area contributed by atoms with E-state index in [9.17, 15) is 18.0 Å². The monoisotopic (exact) mass is 291 g/mol. The number of rotatable bonds is 6. The molecule has 2 nitrogen and oxygen atoms in total.